The Labute approximate surface area is 179 Å². The Morgan fingerprint density at radius 1 is 1.10 bits per heavy atom. The lowest BCUT2D eigenvalue weighted by Crippen LogP contribution is -2.49. The van der Waals surface area contributed by atoms with Crippen LogP contribution < -0.4 is 16.4 Å². The lowest BCUT2D eigenvalue weighted by molar-refractivity contribution is -0.126. The van der Waals surface area contributed by atoms with Gasteiger partial charge in [-0.1, -0.05) is 25.0 Å². The molecule has 1 aromatic carbocycles. The van der Waals surface area contributed by atoms with Gasteiger partial charge in [-0.3, -0.25) is 9.59 Å². The number of nitrogens with two attached hydrogens (primary N) is 1. The van der Waals surface area contributed by atoms with Crippen molar-refractivity contribution in [3.8, 4) is 0 Å². The fourth-order valence-electron chi connectivity index (χ4n) is 4.72. The lowest BCUT2D eigenvalue weighted by Gasteiger charge is -2.32. The van der Waals surface area contributed by atoms with Gasteiger partial charge in [0.2, 0.25) is 5.91 Å². The Balaban J connectivity index is 1.54. The van der Waals surface area contributed by atoms with Crippen LogP contribution in [-0.2, 0) is 9.53 Å². The molecule has 1 aromatic rings. The van der Waals surface area contributed by atoms with E-state index in [2.05, 4.69) is 27.7 Å². The summed E-state index contributed by atoms with van der Waals surface area (Å²) in [4.78, 5) is 27.5. The molecule has 2 atom stereocenters. The predicted molar refractivity (Wildman–Crippen MR) is 117 cm³/mol. The second-order valence-electron chi connectivity index (χ2n) is 8.45. The van der Waals surface area contributed by atoms with Gasteiger partial charge in [0.25, 0.3) is 5.91 Å². The summed E-state index contributed by atoms with van der Waals surface area (Å²) >= 11 is 0. The van der Waals surface area contributed by atoms with Crippen molar-refractivity contribution in [2.45, 2.75) is 50.5 Å². The van der Waals surface area contributed by atoms with E-state index in [9.17, 15) is 9.59 Å². The highest BCUT2D eigenvalue weighted by Crippen LogP contribution is 2.28. The molecule has 1 aliphatic carbocycles. The van der Waals surface area contributed by atoms with Gasteiger partial charge in [0, 0.05) is 25.3 Å². The molecule has 7 nitrogen and oxygen atoms in total. The Bertz CT molecular complexity index is 686. The number of nitrogens with zero attached hydrogens (tertiary/aromatic N) is 1. The number of piperidine rings is 1. The van der Waals surface area contributed by atoms with Gasteiger partial charge >= 0.3 is 0 Å². The number of hydrogen-bond acceptors (Lipinski definition) is 5. The van der Waals surface area contributed by atoms with Crippen LogP contribution in [0.5, 0.6) is 0 Å². The number of carbonyl (C=O) groups excluding carboxylic acids is 2. The fraction of sp³-hybridized carbons (Fsp3) is 0.652. The van der Waals surface area contributed by atoms with E-state index in [1.165, 1.54) is 5.56 Å². The average Bonchev–Trinajstić information content (AvgIpc) is 2.78. The molecule has 1 heterocycles. The molecule has 30 heavy (non-hydrogen) atoms. The zero-order valence-electron chi connectivity index (χ0n) is 18.1. The molecular formula is C23H36N4O3. The topological polar surface area (TPSA) is 96.7 Å². The summed E-state index contributed by atoms with van der Waals surface area (Å²) in [5.41, 5.74) is 7.41. The van der Waals surface area contributed by atoms with Gasteiger partial charge < -0.3 is 26.0 Å². The summed E-state index contributed by atoms with van der Waals surface area (Å²) in [5, 5.41) is 5.78. The Kier molecular flexibility index (Phi) is 8.66. The van der Waals surface area contributed by atoms with Crippen LogP contribution in [0.15, 0.2) is 24.3 Å². The highest BCUT2D eigenvalue weighted by molar-refractivity contribution is 5.95. The maximum absolute atomic E-state index is 12.8. The summed E-state index contributed by atoms with van der Waals surface area (Å²) < 4.78 is 5.17. The SMILES string of the molecule is COCCN1CCC(c2ccc(C(=O)N[C@H]3CCCC[C@H]3C(=O)NCN)cc2)CC1. The summed E-state index contributed by atoms with van der Waals surface area (Å²) in [6, 6.07) is 7.88. The van der Waals surface area contributed by atoms with E-state index < -0.39 is 0 Å². The Hall–Kier alpha value is -1.96. The summed E-state index contributed by atoms with van der Waals surface area (Å²) in [6.45, 7) is 4.08. The van der Waals surface area contributed by atoms with E-state index in [0.29, 0.717) is 11.5 Å². The van der Waals surface area contributed by atoms with Crippen molar-refractivity contribution in [2.24, 2.45) is 11.7 Å². The molecule has 0 spiro atoms. The third kappa shape index (κ3) is 6.03. The highest BCUT2D eigenvalue weighted by atomic mass is 16.5. The number of methoxy groups -OCH3 is 1. The van der Waals surface area contributed by atoms with Gasteiger partial charge in [-0.25, -0.2) is 0 Å². The zero-order valence-corrected chi connectivity index (χ0v) is 18.1. The predicted octanol–water partition coefficient (Wildman–Crippen LogP) is 1.83. The van der Waals surface area contributed by atoms with Crippen LogP contribution in [0, 0.1) is 5.92 Å². The molecule has 166 valence electrons. The first-order valence-corrected chi connectivity index (χ1v) is 11.2. The number of hydrogen-bond donors (Lipinski definition) is 3. The van der Waals surface area contributed by atoms with E-state index >= 15 is 0 Å². The van der Waals surface area contributed by atoms with E-state index in [0.717, 1.165) is 64.8 Å². The number of amides is 2. The molecule has 0 aromatic heterocycles. The summed E-state index contributed by atoms with van der Waals surface area (Å²) in [7, 11) is 1.74. The number of likely N-dealkylation sites (tertiary alicyclic amines) is 1. The summed E-state index contributed by atoms with van der Waals surface area (Å²) in [5.74, 6) is 0.181. The van der Waals surface area contributed by atoms with Crippen molar-refractivity contribution < 1.29 is 14.3 Å². The molecule has 2 aliphatic rings. The molecule has 2 amide bonds. The van der Waals surface area contributed by atoms with Crippen LogP contribution in [0.1, 0.15) is 60.4 Å². The molecule has 1 saturated carbocycles. The molecule has 1 saturated heterocycles. The largest absolute Gasteiger partial charge is 0.383 e. The number of carbonyl (C=O) groups is 2. The van der Waals surface area contributed by atoms with Gasteiger partial charge in [0.15, 0.2) is 0 Å². The lowest BCUT2D eigenvalue weighted by atomic mass is 9.83. The maximum Gasteiger partial charge on any atom is 0.251 e. The van der Waals surface area contributed by atoms with Gasteiger partial charge in [0.05, 0.1) is 19.2 Å². The third-order valence-corrected chi connectivity index (χ3v) is 6.54. The van der Waals surface area contributed by atoms with Crippen LogP contribution in [0.2, 0.25) is 0 Å². The van der Waals surface area contributed by atoms with Crippen LogP contribution in [0.4, 0.5) is 0 Å². The number of benzene rings is 1. The van der Waals surface area contributed by atoms with Crippen molar-refractivity contribution >= 4 is 11.8 Å². The second kappa shape index (κ2) is 11.4. The number of nitrogens with one attached hydrogen (secondary N) is 2. The smallest absolute Gasteiger partial charge is 0.251 e. The van der Waals surface area contributed by atoms with E-state index in [-0.39, 0.29) is 30.4 Å². The number of rotatable bonds is 8. The Morgan fingerprint density at radius 2 is 1.80 bits per heavy atom. The normalized spacial score (nSPS) is 23.1. The van der Waals surface area contributed by atoms with Gasteiger partial charge in [-0.15, -0.1) is 0 Å². The van der Waals surface area contributed by atoms with Gasteiger partial charge in [-0.2, -0.15) is 0 Å². The molecule has 1 aliphatic heterocycles. The minimum Gasteiger partial charge on any atom is -0.383 e. The monoisotopic (exact) mass is 416 g/mol. The molecule has 2 fully saturated rings. The third-order valence-electron chi connectivity index (χ3n) is 6.54. The Morgan fingerprint density at radius 3 is 2.47 bits per heavy atom. The molecule has 0 bridgehead atoms. The molecular weight excluding hydrogens is 380 g/mol. The zero-order chi connectivity index (χ0) is 21.3. The minimum atomic E-state index is -0.200. The first kappa shape index (κ1) is 22.7. The van der Waals surface area contributed by atoms with Gasteiger partial charge in [-0.05, 0) is 62.4 Å². The van der Waals surface area contributed by atoms with E-state index in [1.54, 1.807) is 7.11 Å². The molecule has 7 heteroatoms. The molecule has 3 rings (SSSR count). The van der Waals surface area contributed by atoms with Crippen molar-refractivity contribution in [1.82, 2.24) is 15.5 Å². The van der Waals surface area contributed by atoms with E-state index in [1.807, 2.05) is 12.1 Å². The first-order valence-electron chi connectivity index (χ1n) is 11.2. The number of ether oxygens (including phenoxy) is 1. The molecule has 0 radical (unpaired) electrons. The van der Waals surface area contributed by atoms with E-state index in [4.69, 9.17) is 10.5 Å². The van der Waals surface area contributed by atoms with Gasteiger partial charge in [0.1, 0.15) is 0 Å². The van der Waals surface area contributed by atoms with Crippen molar-refractivity contribution in [3.05, 3.63) is 35.4 Å². The fourth-order valence-corrected chi connectivity index (χ4v) is 4.72. The van der Waals surface area contributed by atoms with Crippen molar-refractivity contribution in [2.75, 3.05) is 40.0 Å². The quantitative estimate of drug-likeness (QED) is 0.562. The van der Waals surface area contributed by atoms with Crippen LogP contribution in [0.25, 0.3) is 0 Å². The molecule has 0 unspecified atom stereocenters. The molecule has 4 N–H and O–H groups in total. The highest BCUT2D eigenvalue weighted by Gasteiger charge is 2.32. The first-order chi connectivity index (χ1) is 14.6. The maximum atomic E-state index is 12.8. The average molecular weight is 417 g/mol. The van der Waals surface area contributed by atoms with Crippen molar-refractivity contribution in [3.63, 3.8) is 0 Å². The minimum absolute atomic E-state index is 0.0605. The van der Waals surface area contributed by atoms with Crippen molar-refractivity contribution in [1.29, 1.82) is 0 Å². The van der Waals surface area contributed by atoms with Crippen LogP contribution in [0.3, 0.4) is 0 Å². The van der Waals surface area contributed by atoms with Crippen LogP contribution >= 0.6 is 0 Å². The second-order valence-corrected chi connectivity index (χ2v) is 8.45. The van der Waals surface area contributed by atoms with Crippen LogP contribution in [-0.4, -0.2) is 62.8 Å². The standard InChI is InChI=1S/C23H36N4O3/c1-30-15-14-27-12-10-18(11-13-27)17-6-8-19(9-7-17)22(28)26-21-5-3-2-4-20(21)23(29)25-16-24/h6-9,18,20-21H,2-5,10-16,24H2,1H3,(H,25,29)(H,26,28)/t20-,21+/m1/s1. The summed E-state index contributed by atoms with van der Waals surface area (Å²) in [6.07, 6.45) is 5.92.